The van der Waals surface area contributed by atoms with Crippen LogP contribution >= 0.6 is 39.1 Å². The minimum atomic E-state index is 0.547. The van der Waals surface area contributed by atoms with Crippen LogP contribution in [-0.2, 0) is 0 Å². The molecule has 3 nitrogen and oxygen atoms in total. The molecule has 0 unspecified atom stereocenters. The summed E-state index contributed by atoms with van der Waals surface area (Å²) < 4.78 is 0.744. The van der Waals surface area contributed by atoms with Gasteiger partial charge in [-0.15, -0.1) is 0 Å². The van der Waals surface area contributed by atoms with Gasteiger partial charge >= 0.3 is 0 Å². The maximum atomic E-state index is 6.20. The molecule has 0 fully saturated rings. The van der Waals surface area contributed by atoms with E-state index in [1.165, 1.54) is 6.33 Å². The second kappa shape index (κ2) is 5.21. The van der Waals surface area contributed by atoms with Crippen LogP contribution in [-0.4, -0.2) is 9.97 Å². The molecule has 0 atom stereocenters. The molecule has 1 N–H and O–H groups in total. The van der Waals surface area contributed by atoms with Crippen molar-refractivity contribution in [1.29, 1.82) is 0 Å². The third kappa shape index (κ3) is 2.70. The average molecular weight is 333 g/mol. The first kappa shape index (κ1) is 12.6. The van der Waals surface area contributed by atoms with E-state index in [0.717, 1.165) is 10.0 Å². The summed E-state index contributed by atoms with van der Waals surface area (Å²) in [5, 5.41) is 4.22. The monoisotopic (exact) mass is 331 g/mol. The molecule has 2 rings (SSSR count). The fourth-order valence-electron chi connectivity index (χ4n) is 1.29. The zero-order valence-electron chi connectivity index (χ0n) is 8.84. The Kier molecular flexibility index (Phi) is 3.86. The van der Waals surface area contributed by atoms with Gasteiger partial charge in [0.25, 0.3) is 0 Å². The van der Waals surface area contributed by atoms with Gasteiger partial charge in [-0.1, -0.05) is 29.3 Å². The fourth-order valence-corrected chi connectivity index (χ4v) is 2.08. The quantitative estimate of drug-likeness (QED) is 0.873. The number of aromatic nitrogens is 2. The lowest BCUT2D eigenvalue weighted by molar-refractivity contribution is 1.15. The van der Waals surface area contributed by atoms with Crippen LogP contribution < -0.4 is 5.32 Å². The molecule has 17 heavy (non-hydrogen) atoms. The molecule has 0 saturated heterocycles. The zero-order chi connectivity index (χ0) is 12.4. The standard InChI is InChI=1S/C11H8BrCl2N3/c1-6-2-3-8(13)10(9(6)14)17-11-7(12)4-15-5-16-11/h2-5H,1H3,(H,15,16,17). The number of nitrogens with one attached hydrogen (secondary N) is 1. The first-order chi connectivity index (χ1) is 8.09. The van der Waals surface area contributed by atoms with Crippen molar-refractivity contribution in [3.8, 4) is 0 Å². The fraction of sp³-hybridized carbons (Fsp3) is 0.0909. The molecule has 0 aliphatic carbocycles. The van der Waals surface area contributed by atoms with E-state index in [0.29, 0.717) is 21.6 Å². The van der Waals surface area contributed by atoms with Gasteiger partial charge in [-0.05, 0) is 34.5 Å². The van der Waals surface area contributed by atoms with Gasteiger partial charge in [0.2, 0.25) is 0 Å². The van der Waals surface area contributed by atoms with Gasteiger partial charge in [0, 0.05) is 6.20 Å². The van der Waals surface area contributed by atoms with E-state index in [1.54, 1.807) is 12.3 Å². The van der Waals surface area contributed by atoms with Gasteiger partial charge in [-0.3, -0.25) is 0 Å². The van der Waals surface area contributed by atoms with E-state index < -0.39 is 0 Å². The summed E-state index contributed by atoms with van der Waals surface area (Å²) in [6.07, 6.45) is 3.09. The Morgan fingerprint density at radius 3 is 2.76 bits per heavy atom. The largest absolute Gasteiger partial charge is 0.337 e. The summed E-state index contributed by atoms with van der Waals surface area (Å²) in [5.74, 6) is 0.620. The van der Waals surface area contributed by atoms with Crippen molar-refractivity contribution < 1.29 is 0 Å². The third-order valence-corrected chi connectivity index (χ3v) is 3.58. The minimum Gasteiger partial charge on any atom is -0.337 e. The van der Waals surface area contributed by atoms with Crippen molar-refractivity contribution in [3.05, 3.63) is 44.7 Å². The SMILES string of the molecule is Cc1ccc(Cl)c(Nc2ncncc2Br)c1Cl. The molecular weight excluding hydrogens is 325 g/mol. The van der Waals surface area contributed by atoms with Crippen LogP contribution in [0.3, 0.4) is 0 Å². The lowest BCUT2D eigenvalue weighted by Gasteiger charge is -2.12. The number of rotatable bonds is 2. The first-order valence-corrected chi connectivity index (χ1v) is 6.31. The lowest BCUT2D eigenvalue weighted by Crippen LogP contribution is -1.97. The molecule has 0 radical (unpaired) electrons. The topological polar surface area (TPSA) is 37.8 Å². The summed E-state index contributed by atoms with van der Waals surface area (Å²) in [5.41, 5.74) is 1.59. The Labute approximate surface area is 117 Å². The Bertz CT molecular complexity index is 560. The van der Waals surface area contributed by atoms with Gasteiger partial charge < -0.3 is 5.32 Å². The summed E-state index contributed by atoms with van der Waals surface area (Å²) >= 11 is 15.6. The van der Waals surface area contributed by atoms with E-state index in [4.69, 9.17) is 23.2 Å². The molecule has 1 aromatic carbocycles. The molecule has 6 heteroatoms. The maximum Gasteiger partial charge on any atom is 0.148 e. The highest BCUT2D eigenvalue weighted by Crippen LogP contribution is 2.35. The number of anilines is 2. The molecule has 0 bridgehead atoms. The Morgan fingerprint density at radius 1 is 1.29 bits per heavy atom. The smallest absolute Gasteiger partial charge is 0.148 e. The third-order valence-electron chi connectivity index (χ3n) is 2.20. The van der Waals surface area contributed by atoms with E-state index in [-0.39, 0.29) is 0 Å². The van der Waals surface area contributed by atoms with Gasteiger partial charge in [0.15, 0.2) is 0 Å². The molecule has 0 amide bonds. The van der Waals surface area contributed by atoms with Crippen molar-refractivity contribution in [1.82, 2.24) is 9.97 Å². The van der Waals surface area contributed by atoms with Crippen molar-refractivity contribution in [2.24, 2.45) is 0 Å². The summed E-state index contributed by atoms with van der Waals surface area (Å²) in [6, 6.07) is 3.66. The van der Waals surface area contributed by atoms with Gasteiger partial charge in [0.1, 0.15) is 12.1 Å². The predicted molar refractivity (Wildman–Crippen MR) is 74.2 cm³/mol. The minimum absolute atomic E-state index is 0.547. The number of hydrogen-bond acceptors (Lipinski definition) is 3. The molecule has 2 aromatic rings. The summed E-state index contributed by atoms with van der Waals surface area (Å²) in [6.45, 7) is 1.92. The van der Waals surface area contributed by atoms with Crippen LogP contribution in [0.1, 0.15) is 5.56 Å². The summed E-state index contributed by atoms with van der Waals surface area (Å²) in [4.78, 5) is 7.98. The Morgan fingerprint density at radius 2 is 2.06 bits per heavy atom. The van der Waals surface area contributed by atoms with Crippen LogP contribution in [0.25, 0.3) is 0 Å². The number of benzene rings is 1. The number of halogens is 3. The molecule has 1 aromatic heterocycles. The van der Waals surface area contributed by atoms with Crippen molar-refractivity contribution in [2.75, 3.05) is 5.32 Å². The van der Waals surface area contributed by atoms with Gasteiger partial charge in [-0.2, -0.15) is 0 Å². The molecule has 0 aliphatic heterocycles. The zero-order valence-corrected chi connectivity index (χ0v) is 11.9. The highest BCUT2D eigenvalue weighted by molar-refractivity contribution is 9.10. The molecule has 1 heterocycles. The second-order valence-corrected chi connectivity index (χ2v) is 5.04. The van der Waals surface area contributed by atoms with Crippen molar-refractivity contribution in [3.63, 3.8) is 0 Å². The first-order valence-electron chi connectivity index (χ1n) is 4.76. The Balaban J connectivity index is 2.43. The van der Waals surface area contributed by atoms with Crippen LogP contribution in [0.4, 0.5) is 11.5 Å². The van der Waals surface area contributed by atoms with Gasteiger partial charge in [-0.25, -0.2) is 9.97 Å². The van der Waals surface area contributed by atoms with E-state index >= 15 is 0 Å². The van der Waals surface area contributed by atoms with E-state index in [9.17, 15) is 0 Å². The second-order valence-electron chi connectivity index (χ2n) is 3.40. The maximum absolute atomic E-state index is 6.20. The van der Waals surface area contributed by atoms with Gasteiger partial charge in [0.05, 0.1) is 20.2 Å². The molecular formula is C11H8BrCl2N3. The van der Waals surface area contributed by atoms with E-state index in [2.05, 4.69) is 31.2 Å². The molecule has 0 spiro atoms. The molecule has 0 saturated carbocycles. The highest BCUT2D eigenvalue weighted by atomic mass is 79.9. The van der Waals surface area contributed by atoms with Crippen molar-refractivity contribution >= 4 is 50.6 Å². The number of aryl methyl sites for hydroxylation is 1. The number of nitrogens with zero attached hydrogens (tertiary/aromatic N) is 2. The van der Waals surface area contributed by atoms with Crippen LogP contribution in [0, 0.1) is 6.92 Å². The predicted octanol–water partition coefficient (Wildman–Crippen LogP) is 4.60. The lowest BCUT2D eigenvalue weighted by atomic mass is 10.2. The average Bonchev–Trinajstić information content (AvgIpc) is 2.32. The number of hydrogen-bond donors (Lipinski definition) is 1. The van der Waals surface area contributed by atoms with Crippen molar-refractivity contribution in [2.45, 2.75) is 6.92 Å². The van der Waals surface area contributed by atoms with Crippen LogP contribution in [0.5, 0.6) is 0 Å². The highest BCUT2D eigenvalue weighted by Gasteiger charge is 2.10. The molecule has 0 aliphatic rings. The normalized spacial score (nSPS) is 10.4. The van der Waals surface area contributed by atoms with Crippen LogP contribution in [0.15, 0.2) is 29.1 Å². The Hall–Kier alpha value is -0.840. The summed E-state index contributed by atoms with van der Waals surface area (Å²) in [7, 11) is 0. The van der Waals surface area contributed by atoms with Crippen LogP contribution in [0.2, 0.25) is 10.0 Å². The molecule has 88 valence electrons. The van der Waals surface area contributed by atoms with E-state index in [1.807, 2.05) is 13.0 Å².